The predicted octanol–water partition coefficient (Wildman–Crippen LogP) is 1.58. The van der Waals surface area contributed by atoms with Gasteiger partial charge in [-0.05, 0) is 23.8 Å². The van der Waals surface area contributed by atoms with E-state index in [0.29, 0.717) is 18.9 Å². The largest absolute Gasteiger partial charge is 0.476 e. The quantitative estimate of drug-likeness (QED) is 0.903. The molecule has 0 aliphatic carbocycles. The van der Waals surface area contributed by atoms with Gasteiger partial charge in [-0.1, -0.05) is 6.07 Å². The van der Waals surface area contributed by atoms with E-state index in [0.717, 1.165) is 17.0 Å². The Labute approximate surface area is 119 Å². The van der Waals surface area contributed by atoms with Crippen LogP contribution in [0.4, 0.5) is 0 Å². The van der Waals surface area contributed by atoms with Gasteiger partial charge in [-0.15, -0.1) is 0 Å². The van der Waals surface area contributed by atoms with E-state index < -0.39 is 5.97 Å². The van der Waals surface area contributed by atoms with Crippen LogP contribution in [0.2, 0.25) is 0 Å². The zero-order valence-electron chi connectivity index (χ0n) is 11.0. The van der Waals surface area contributed by atoms with Crippen LogP contribution in [-0.2, 0) is 17.9 Å². The molecular formula is C14H12N2O5. The number of fused-ring (bicyclic) bond motifs is 2. The number of carbonyl (C=O) groups is 1. The maximum atomic E-state index is 11.0. The molecule has 1 atom stereocenters. The van der Waals surface area contributed by atoms with Gasteiger partial charge in [0, 0.05) is 0 Å². The molecule has 0 saturated heterocycles. The first-order valence-electron chi connectivity index (χ1n) is 6.52. The molecule has 0 bridgehead atoms. The SMILES string of the molecule is O=C(O)c1cc2n(n1)CC(c1ccc3c(c1)OCO3)OC2. The molecule has 2 aromatic rings. The molecule has 1 unspecified atom stereocenters. The minimum atomic E-state index is -1.03. The first-order chi connectivity index (χ1) is 10.2. The van der Waals surface area contributed by atoms with Gasteiger partial charge in [0.15, 0.2) is 17.2 Å². The Hall–Kier alpha value is -2.54. The molecular weight excluding hydrogens is 276 g/mol. The van der Waals surface area contributed by atoms with Gasteiger partial charge in [0.05, 0.1) is 18.8 Å². The Morgan fingerprint density at radius 1 is 1.29 bits per heavy atom. The van der Waals surface area contributed by atoms with E-state index in [2.05, 4.69) is 5.10 Å². The Balaban J connectivity index is 1.61. The highest BCUT2D eigenvalue weighted by Gasteiger charge is 2.25. The number of nitrogens with zero attached hydrogens (tertiary/aromatic N) is 2. The maximum Gasteiger partial charge on any atom is 0.356 e. The summed E-state index contributed by atoms with van der Waals surface area (Å²) in [6.07, 6.45) is -0.187. The van der Waals surface area contributed by atoms with E-state index in [1.165, 1.54) is 6.07 Å². The smallest absolute Gasteiger partial charge is 0.356 e. The van der Waals surface area contributed by atoms with Gasteiger partial charge >= 0.3 is 5.97 Å². The van der Waals surface area contributed by atoms with E-state index in [1.807, 2.05) is 18.2 Å². The number of hydrogen-bond donors (Lipinski definition) is 1. The van der Waals surface area contributed by atoms with Crippen LogP contribution in [0.3, 0.4) is 0 Å². The van der Waals surface area contributed by atoms with E-state index in [9.17, 15) is 4.79 Å². The summed E-state index contributed by atoms with van der Waals surface area (Å²) in [6, 6.07) is 7.20. The Kier molecular flexibility index (Phi) is 2.61. The fourth-order valence-corrected chi connectivity index (χ4v) is 2.55. The van der Waals surface area contributed by atoms with E-state index in [1.54, 1.807) is 4.68 Å². The number of rotatable bonds is 2. The molecule has 1 aromatic heterocycles. The van der Waals surface area contributed by atoms with Crippen molar-refractivity contribution in [2.24, 2.45) is 0 Å². The van der Waals surface area contributed by atoms with Crippen LogP contribution in [0.25, 0.3) is 0 Å². The number of aromatic carboxylic acids is 1. The second kappa shape index (κ2) is 4.49. The molecule has 0 spiro atoms. The second-order valence-corrected chi connectivity index (χ2v) is 4.92. The van der Waals surface area contributed by atoms with Gasteiger partial charge < -0.3 is 19.3 Å². The summed E-state index contributed by atoms with van der Waals surface area (Å²) in [5, 5.41) is 13.1. The van der Waals surface area contributed by atoms with Crippen molar-refractivity contribution in [2.75, 3.05) is 6.79 Å². The summed E-state index contributed by atoms with van der Waals surface area (Å²) >= 11 is 0. The highest BCUT2D eigenvalue weighted by atomic mass is 16.7. The number of carboxylic acid groups (broad SMARTS) is 1. The third kappa shape index (κ3) is 2.02. The highest BCUT2D eigenvalue weighted by molar-refractivity contribution is 5.85. The van der Waals surface area contributed by atoms with Crippen molar-refractivity contribution >= 4 is 5.97 Å². The lowest BCUT2D eigenvalue weighted by atomic mass is 10.1. The molecule has 1 aromatic carbocycles. The van der Waals surface area contributed by atoms with Gasteiger partial charge in [-0.2, -0.15) is 5.10 Å². The van der Waals surface area contributed by atoms with Crippen LogP contribution in [0, 0.1) is 0 Å². The third-order valence-corrected chi connectivity index (χ3v) is 3.62. The van der Waals surface area contributed by atoms with E-state index in [4.69, 9.17) is 19.3 Å². The van der Waals surface area contributed by atoms with Crippen molar-refractivity contribution in [1.82, 2.24) is 9.78 Å². The first kappa shape index (κ1) is 12.2. The number of hydrogen-bond acceptors (Lipinski definition) is 5. The van der Waals surface area contributed by atoms with Gasteiger partial charge in [0.2, 0.25) is 6.79 Å². The molecule has 2 aliphatic rings. The van der Waals surface area contributed by atoms with Gasteiger partial charge in [0.25, 0.3) is 0 Å². The fraction of sp³-hybridized carbons (Fsp3) is 0.286. The van der Waals surface area contributed by atoms with E-state index in [-0.39, 0.29) is 18.6 Å². The Bertz CT molecular complexity index is 724. The van der Waals surface area contributed by atoms with Gasteiger partial charge in [-0.25, -0.2) is 4.79 Å². The van der Waals surface area contributed by atoms with Crippen LogP contribution in [0.5, 0.6) is 11.5 Å². The monoisotopic (exact) mass is 288 g/mol. The molecule has 108 valence electrons. The van der Waals surface area contributed by atoms with E-state index >= 15 is 0 Å². The number of benzene rings is 1. The zero-order chi connectivity index (χ0) is 14.4. The van der Waals surface area contributed by atoms with Crippen LogP contribution >= 0.6 is 0 Å². The summed E-state index contributed by atoms with van der Waals surface area (Å²) in [7, 11) is 0. The van der Waals surface area contributed by atoms with Crippen molar-refractivity contribution in [3.8, 4) is 11.5 Å². The molecule has 7 heteroatoms. The molecule has 3 heterocycles. The lowest BCUT2D eigenvalue weighted by molar-refractivity contribution is -0.00132. The standard InChI is InChI=1S/C14H12N2O5/c17-14(18)10-4-9-6-19-13(5-16(9)15-10)8-1-2-11-12(3-8)21-7-20-11/h1-4,13H,5-7H2,(H,17,18). The maximum absolute atomic E-state index is 11.0. The zero-order valence-corrected chi connectivity index (χ0v) is 11.0. The molecule has 0 fully saturated rings. The first-order valence-corrected chi connectivity index (χ1v) is 6.52. The normalized spacial score (nSPS) is 19.3. The Morgan fingerprint density at radius 2 is 2.14 bits per heavy atom. The highest BCUT2D eigenvalue weighted by Crippen LogP contribution is 2.36. The molecule has 1 N–H and O–H groups in total. The molecule has 0 radical (unpaired) electrons. The molecule has 4 rings (SSSR count). The number of aromatic nitrogens is 2. The summed E-state index contributed by atoms with van der Waals surface area (Å²) in [5.41, 5.74) is 1.77. The van der Waals surface area contributed by atoms with Crippen molar-refractivity contribution in [2.45, 2.75) is 19.3 Å². The fourth-order valence-electron chi connectivity index (χ4n) is 2.55. The summed E-state index contributed by atoms with van der Waals surface area (Å²) < 4.78 is 18.1. The van der Waals surface area contributed by atoms with Crippen LogP contribution in [0.1, 0.15) is 27.8 Å². The molecule has 2 aliphatic heterocycles. The van der Waals surface area contributed by atoms with Crippen LogP contribution in [-0.4, -0.2) is 27.6 Å². The lowest BCUT2D eigenvalue weighted by Crippen LogP contribution is -2.21. The second-order valence-electron chi connectivity index (χ2n) is 4.92. The predicted molar refractivity (Wildman–Crippen MR) is 69.3 cm³/mol. The van der Waals surface area contributed by atoms with Crippen LogP contribution in [0.15, 0.2) is 24.3 Å². The average Bonchev–Trinajstić information content (AvgIpc) is 3.12. The lowest BCUT2D eigenvalue weighted by Gasteiger charge is -2.24. The third-order valence-electron chi connectivity index (χ3n) is 3.62. The van der Waals surface area contributed by atoms with Crippen molar-refractivity contribution in [3.05, 3.63) is 41.2 Å². The average molecular weight is 288 g/mol. The minimum Gasteiger partial charge on any atom is -0.476 e. The molecule has 21 heavy (non-hydrogen) atoms. The molecule has 0 saturated carbocycles. The van der Waals surface area contributed by atoms with Gasteiger partial charge in [0.1, 0.15) is 6.10 Å². The summed E-state index contributed by atoms with van der Waals surface area (Å²) in [6.45, 7) is 1.04. The van der Waals surface area contributed by atoms with Gasteiger partial charge in [-0.3, -0.25) is 4.68 Å². The van der Waals surface area contributed by atoms with Crippen molar-refractivity contribution in [1.29, 1.82) is 0 Å². The topological polar surface area (TPSA) is 82.8 Å². The minimum absolute atomic E-state index is 0.0416. The summed E-state index contributed by atoms with van der Waals surface area (Å²) in [5.74, 6) is 0.396. The molecule has 0 amide bonds. The Morgan fingerprint density at radius 3 is 3.00 bits per heavy atom. The van der Waals surface area contributed by atoms with Crippen molar-refractivity contribution in [3.63, 3.8) is 0 Å². The van der Waals surface area contributed by atoms with Crippen LogP contribution < -0.4 is 9.47 Å². The summed E-state index contributed by atoms with van der Waals surface area (Å²) in [4.78, 5) is 11.0. The van der Waals surface area contributed by atoms with Crippen molar-refractivity contribution < 1.29 is 24.1 Å². The molecule has 7 nitrogen and oxygen atoms in total. The number of ether oxygens (including phenoxy) is 3. The number of carboxylic acids is 1.